The Morgan fingerprint density at radius 1 is 1.27 bits per heavy atom. The van der Waals surface area contributed by atoms with Crippen LogP contribution in [0.3, 0.4) is 0 Å². The van der Waals surface area contributed by atoms with Crippen molar-refractivity contribution in [3.63, 3.8) is 0 Å². The molecule has 0 spiro atoms. The van der Waals surface area contributed by atoms with E-state index in [1.165, 1.54) is 7.11 Å². The van der Waals surface area contributed by atoms with E-state index in [9.17, 15) is 9.90 Å². The van der Waals surface area contributed by atoms with Gasteiger partial charge >= 0.3 is 6.09 Å². The van der Waals surface area contributed by atoms with E-state index in [4.69, 9.17) is 4.74 Å². The molecule has 2 rings (SSSR count). The lowest BCUT2D eigenvalue weighted by Gasteiger charge is -2.47. The second-order valence-corrected chi connectivity index (χ2v) is 4.61. The molecule has 1 N–H and O–H groups in total. The molecule has 0 aliphatic carbocycles. The van der Waals surface area contributed by atoms with Gasteiger partial charge in [-0.15, -0.1) is 0 Å². The third-order valence-corrected chi connectivity index (χ3v) is 3.40. The van der Waals surface area contributed by atoms with Gasteiger partial charge in [-0.3, -0.25) is 0 Å². The third-order valence-electron chi connectivity index (χ3n) is 3.40. The van der Waals surface area contributed by atoms with Crippen molar-refractivity contribution in [2.24, 2.45) is 11.8 Å². The molecule has 2 fully saturated rings. The molecule has 2 saturated heterocycles. The van der Waals surface area contributed by atoms with Crippen LogP contribution in [0, 0.1) is 11.8 Å². The molecule has 5 nitrogen and oxygen atoms in total. The first-order valence-corrected chi connectivity index (χ1v) is 5.31. The number of fused-ring (bicyclic) bond motifs is 2. The zero-order valence-corrected chi connectivity index (χ0v) is 9.22. The Morgan fingerprint density at radius 2 is 1.80 bits per heavy atom. The zero-order valence-electron chi connectivity index (χ0n) is 9.22. The molecule has 2 bridgehead atoms. The van der Waals surface area contributed by atoms with E-state index >= 15 is 0 Å². The summed E-state index contributed by atoms with van der Waals surface area (Å²) in [4.78, 5) is 15.3. The molecule has 2 heterocycles. The Labute approximate surface area is 89.6 Å². The quantitative estimate of drug-likeness (QED) is 0.596. The minimum absolute atomic E-state index is 0.168. The molecule has 0 radical (unpaired) electrons. The van der Waals surface area contributed by atoms with E-state index in [0.717, 1.165) is 13.1 Å². The van der Waals surface area contributed by atoms with Crippen molar-refractivity contribution in [2.75, 3.05) is 40.3 Å². The predicted molar refractivity (Wildman–Crippen MR) is 54.5 cm³/mol. The highest BCUT2D eigenvalue weighted by Crippen LogP contribution is 2.28. The molecule has 1 amide bonds. The normalized spacial score (nSPS) is 36.5. The van der Waals surface area contributed by atoms with Gasteiger partial charge < -0.3 is 19.6 Å². The molecule has 2 unspecified atom stereocenters. The van der Waals surface area contributed by atoms with Crippen LogP contribution in [-0.2, 0) is 4.74 Å². The summed E-state index contributed by atoms with van der Waals surface area (Å²) in [6, 6.07) is 0. The van der Waals surface area contributed by atoms with Gasteiger partial charge in [0.15, 0.2) is 0 Å². The van der Waals surface area contributed by atoms with E-state index in [0.29, 0.717) is 13.1 Å². The first kappa shape index (κ1) is 10.7. The molecule has 2 aliphatic heterocycles. The lowest BCUT2D eigenvalue weighted by atomic mass is 9.82. The Kier molecular flexibility index (Phi) is 2.84. The first-order valence-electron chi connectivity index (χ1n) is 5.31. The maximum atomic E-state index is 11.4. The highest BCUT2D eigenvalue weighted by molar-refractivity contribution is 5.67. The number of likely N-dealkylation sites (tertiary alicyclic amines) is 2. The van der Waals surface area contributed by atoms with Gasteiger partial charge in [0.25, 0.3) is 0 Å². The van der Waals surface area contributed by atoms with Gasteiger partial charge in [-0.05, 0) is 7.05 Å². The molecule has 2 atom stereocenters. The molecule has 15 heavy (non-hydrogen) atoms. The standard InChI is InChI=1S/C10H18N2O3/c1-11-3-7-5-12(10(14)15-2)6-8(4-11)9(7)13/h7-9,13H,3-6H2,1-2H3. The number of ether oxygens (including phenoxy) is 1. The lowest BCUT2D eigenvalue weighted by molar-refractivity contribution is -0.0667. The van der Waals surface area contributed by atoms with Crippen molar-refractivity contribution >= 4 is 6.09 Å². The average molecular weight is 214 g/mol. The van der Waals surface area contributed by atoms with Crippen LogP contribution in [0.1, 0.15) is 0 Å². The largest absolute Gasteiger partial charge is 0.453 e. The molecule has 86 valence electrons. The van der Waals surface area contributed by atoms with Crippen molar-refractivity contribution < 1.29 is 14.6 Å². The number of aliphatic hydroxyl groups is 1. The number of methoxy groups -OCH3 is 1. The summed E-state index contributed by atoms with van der Waals surface area (Å²) in [5, 5.41) is 9.97. The van der Waals surface area contributed by atoms with Gasteiger partial charge in [0.1, 0.15) is 0 Å². The van der Waals surface area contributed by atoms with Gasteiger partial charge in [0.05, 0.1) is 13.2 Å². The molecule has 0 aromatic heterocycles. The highest BCUT2D eigenvalue weighted by Gasteiger charge is 2.41. The van der Waals surface area contributed by atoms with Crippen LogP contribution in [0.2, 0.25) is 0 Å². The zero-order chi connectivity index (χ0) is 11.0. The lowest BCUT2D eigenvalue weighted by Crippen LogP contribution is -2.60. The fourth-order valence-corrected chi connectivity index (χ4v) is 2.73. The number of amides is 1. The number of carbonyl (C=O) groups excluding carboxylic acids is 1. The predicted octanol–water partition coefficient (Wildman–Crippen LogP) is -0.393. The Hall–Kier alpha value is -0.810. The summed E-state index contributed by atoms with van der Waals surface area (Å²) in [6.07, 6.45) is -0.538. The second-order valence-electron chi connectivity index (χ2n) is 4.61. The monoisotopic (exact) mass is 214 g/mol. The van der Waals surface area contributed by atoms with Crippen LogP contribution in [0.5, 0.6) is 0 Å². The molecule has 0 aromatic rings. The van der Waals surface area contributed by atoms with Crippen molar-refractivity contribution in [3.05, 3.63) is 0 Å². The molecular formula is C10H18N2O3. The second kappa shape index (κ2) is 3.98. The third kappa shape index (κ3) is 1.94. The van der Waals surface area contributed by atoms with Crippen molar-refractivity contribution in [2.45, 2.75) is 6.10 Å². The van der Waals surface area contributed by atoms with Gasteiger partial charge in [0.2, 0.25) is 0 Å². The summed E-state index contributed by atoms with van der Waals surface area (Å²) in [5.41, 5.74) is 0. The molecule has 0 saturated carbocycles. The Balaban J connectivity index is 2.06. The van der Waals surface area contributed by atoms with Crippen molar-refractivity contribution in [1.82, 2.24) is 9.80 Å². The summed E-state index contributed by atoms with van der Waals surface area (Å²) in [7, 11) is 3.45. The summed E-state index contributed by atoms with van der Waals surface area (Å²) in [5.74, 6) is 0.336. The number of hydrogen-bond donors (Lipinski definition) is 1. The van der Waals surface area contributed by atoms with Gasteiger partial charge in [-0.25, -0.2) is 4.79 Å². The van der Waals surface area contributed by atoms with E-state index in [1.54, 1.807) is 4.90 Å². The number of carbonyl (C=O) groups is 1. The first-order chi connectivity index (χ1) is 7.11. The average Bonchev–Trinajstić information content (AvgIpc) is 2.19. The van der Waals surface area contributed by atoms with Gasteiger partial charge in [0, 0.05) is 38.0 Å². The Bertz CT molecular complexity index is 243. The molecule has 5 heteroatoms. The van der Waals surface area contributed by atoms with Gasteiger partial charge in [-0.1, -0.05) is 0 Å². The number of aliphatic hydroxyl groups excluding tert-OH is 1. The van der Waals surface area contributed by atoms with Crippen molar-refractivity contribution in [1.29, 1.82) is 0 Å². The molecule has 2 aliphatic rings. The maximum absolute atomic E-state index is 11.4. The number of nitrogens with zero attached hydrogens (tertiary/aromatic N) is 2. The van der Waals surface area contributed by atoms with Crippen LogP contribution < -0.4 is 0 Å². The summed E-state index contributed by atoms with van der Waals surface area (Å²) in [6.45, 7) is 2.92. The highest BCUT2D eigenvalue weighted by atomic mass is 16.5. The fourth-order valence-electron chi connectivity index (χ4n) is 2.73. The van der Waals surface area contributed by atoms with E-state index in [-0.39, 0.29) is 24.0 Å². The summed E-state index contributed by atoms with van der Waals surface area (Å²) < 4.78 is 4.71. The van der Waals surface area contributed by atoms with Crippen LogP contribution >= 0.6 is 0 Å². The SMILES string of the molecule is COC(=O)N1CC2CN(C)CC(C1)C2O. The maximum Gasteiger partial charge on any atom is 0.409 e. The minimum Gasteiger partial charge on any atom is -0.453 e. The molecule has 0 aromatic carbocycles. The number of hydrogen-bond acceptors (Lipinski definition) is 4. The van der Waals surface area contributed by atoms with E-state index in [1.807, 2.05) is 0 Å². The van der Waals surface area contributed by atoms with Crippen LogP contribution in [-0.4, -0.2) is 67.4 Å². The number of piperidine rings is 2. The smallest absolute Gasteiger partial charge is 0.409 e. The number of rotatable bonds is 0. The minimum atomic E-state index is -0.276. The van der Waals surface area contributed by atoms with E-state index in [2.05, 4.69) is 11.9 Å². The van der Waals surface area contributed by atoms with Crippen molar-refractivity contribution in [3.8, 4) is 0 Å². The Morgan fingerprint density at radius 3 is 2.27 bits per heavy atom. The van der Waals surface area contributed by atoms with E-state index < -0.39 is 0 Å². The fraction of sp³-hybridized carbons (Fsp3) is 0.900. The summed E-state index contributed by atoms with van der Waals surface area (Å²) >= 11 is 0. The van der Waals surface area contributed by atoms with Crippen LogP contribution in [0.25, 0.3) is 0 Å². The van der Waals surface area contributed by atoms with Crippen LogP contribution in [0.15, 0.2) is 0 Å². The van der Waals surface area contributed by atoms with Gasteiger partial charge in [-0.2, -0.15) is 0 Å². The van der Waals surface area contributed by atoms with Crippen LogP contribution in [0.4, 0.5) is 4.79 Å². The topological polar surface area (TPSA) is 53.0 Å². The molecular weight excluding hydrogens is 196 g/mol.